The van der Waals surface area contributed by atoms with E-state index in [0.717, 1.165) is 6.54 Å². The summed E-state index contributed by atoms with van der Waals surface area (Å²) in [5.74, 6) is -0.444. The lowest BCUT2D eigenvalue weighted by atomic mass is 10.1. The van der Waals surface area contributed by atoms with Gasteiger partial charge in [-0.3, -0.25) is 10.1 Å². The van der Waals surface area contributed by atoms with Crippen LogP contribution in [0.25, 0.3) is 0 Å². The Balaban J connectivity index is 2.45. The van der Waals surface area contributed by atoms with E-state index in [0.29, 0.717) is 25.3 Å². The smallest absolute Gasteiger partial charge is 0.293 e. The number of rotatable bonds is 3. The molecule has 0 spiro atoms. The Hall–Kier alpha value is -1.00. The molecule has 1 unspecified atom stereocenters. The molecule has 0 radical (unpaired) electrons. The standard InChI is InChI=1S/C12H16FIN4O2/c1-16-2-3-17(8(6-15)7-16)11-4-9(13)10(14)5-12(11)18(19)20/h4-5,8H,2-3,6-7,15H2,1H3. The molecule has 6 nitrogen and oxygen atoms in total. The maximum atomic E-state index is 13.8. The zero-order chi connectivity index (χ0) is 14.9. The zero-order valence-corrected chi connectivity index (χ0v) is 13.2. The fourth-order valence-corrected chi connectivity index (χ4v) is 2.88. The summed E-state index contributed by atoms with van der Waals surface area (Å²) in [7, 11) is 1.98. The lowest BCUT2D eigenvalue weighted by molar-refractivity contribution is -0.384. The van der Waals surface area contributed by atoms with E-state index in [1.807, 2.05) is 11.9 Å². The van der Waals surface area contributed by atoms with Crippen molar-refractivity contribution in [2.75, 3.05) is 38.1 Å². The van der Waals surface area contributed by atoms with Crippen molar-refractivity contribution in [3.8, 4) is 0 Å². The van der Waals surface area contributed by atoms with E-state index in [4.69, 9.17) is 5.73 Å². The highest BCUT2D eigenvalue weighted by molar-refractivity contribution is 14.1. The first-order chi connectivity index (χ1) is 9.43. The molecule has 0 aromatic heterocycles. The first kappa shape index (κ1) is 15.4. The topological polar surface area (TPSA) is 75.6 Å². The zero-order valence-electron chi connectivity index (χ0n) is 11.1. The highest BCUT2D eigenvalue weighted by Gasteiger charge is 2.30. The minimum Gasteiger partial charge on any atom is -0.359 e. The van der Waals surface area contributed by atoms with Crippen LogP contribution in [0.15, 0.2) is 12.1 Å². The molecule has 2 N–H and O–H groups in total. The lowest BCUT2D eigenvalue weighted by Crippen LogP contribution is -2.55. The molecule has 0 amide bonds. The van der Waals surface area contributed by atoms with Crippen molar-refractivity contribution in [3.63, 3.8) is 0 Å². The number of halogens is 2. The maximum absolute atomic E-state index is 13.8. The van der Waals surface area contributed by atoms with Crippen molar-refractivity contribution >= 4 is 34.0 Å². The molecular weight excluding hydrogens is 378 g/mol. The molecule has 1 aliphatic heterocycles. The minimum absolute atomic E-state index is 0.0492. The molecule has 2 rings (SSSR count). The van der Waals surface area contributed by atoms with Crippen molar-refractivity contribution in [2.45, 2.75) is 6.04 Å². The molecule has 1 atom stereocenters. The number of likely N-dealkylation sites (N-methyl/N-ethyl adjacent to an activating group) is 1. The number of hydrogen-bond donors (Lipinski definition) is 1. The van der Waals surface area contributed by atoms with Crippen LogP contribution in [0.3, 0.4) is 0 Å². The number of nitrogens with zero attached hydrogens (tertiary/aromatic N) is 3. The summed E-state index contributed by atoms with van der Waals surface area (Å²) >= 11 is 1.76. The molecule has 1 aromatic carbocycles. The molecular formula is C12H16FIN4O2. The van der Waals surface area contributed by atoms with Gasteiger partial charge < -0.3 is 15.5 Å². The number of hydrogen-bond acceptors (Lipinski definition) is 5. The molecule has 1 aliphatic rings. The van der Waals surface area contributed by atoms with Crippen LogP contribution < -0.4 is 10.6 Å². The Labute approximate surface area is 130 Å². The van der Waals surface area contributed by atoms with Crippen LogP contribution in [0.4, 0.5) is 15.8 Å². The molecule has 1 heterocycles. The van der Waals surface area contributed by atoms with E-state index in [2.05, 4.69) is 4.90 Å². The van der Waals surface area contributed by atoms with Gasteiger partial charge in [0.25, 0.3) is 5.69 Å². The Bertz CT molecular complexity index is 528. The Morgan fingerprint density at radius 1 is 1.55 bits per heavy atom. The summed E-state index contributed by atoms with van der Waals surface area (Å²) in [5.41, 5.74) is 6.00. The molecule has 20 heavy (non-hydrogen) atoms. The molecule has 1 saturated heterocycles. The van der Waals surface area contributed by atoms with Crippen molar-refractivity contribution in [1.82, 2.24) is 4.90 Å². The van der Waals surface area contributed by atoms with Gasteiger partial charge in [-0.2, -0.15) is 0 Å². The van der Waals surface area contributed by atoms with Crippen LogP contribution in [0.2, 0.25) is 0 Å². The molecule has 8 heteroatoms. The quantitative estimate of drug-likeness (QED) is 0.477. The first-order valence-corrected chi connectivity index (χ1v) is 7.30. The number of nitro benzene ring substituents is 1. The second-order valence-electron chi connectivity index (χ2n) is 4.86. The second-order valence-corrected chi connectivity index (χ2v) is 6.02. The maximum Gasteiger partial charge on any atom is 0.293 e. The normalized spacial score (nSPS) is 20.2. The van der Waals surface area contributed by atoms with Crippen LogP contribution in [-0.4, -0.2) is 49.1 Å². The van der Waals surface area contributed by atoms with E-state index in [1.165, 1.54) is 12.1 Å². The predicted molar refractivity (Wildman–Crippen MR) is 83.5 cm³/mol. The van der Waals surface area contributed by atoms with Gasteiger partial charge >= 0.3 is 0 Å². The van der Waals surface area contributed by atoms with E-state index in [1.54, 1.807) is 22.6 Å². The summed E-state index contributed by atoms with van der Waals surface area (Å²) in [6.07, 6.45) is 0. The van der Waals surface area contributed by atoms with Gasteiger partial charge in [0.15, 0.2) is 0 Å². The van der Waals surface area contributed by atoms with Crippen LogP contribution in [-0.2, 0) is 0 Å². The molecule has 0 aliphatic carbocycles. The van der Waals surface area contributed by atoms with E-state index in [9.17, 15) is 14.5 Å². The summed E-state index contributed by atoms with van der Waals surface area (Å²) in [4.78, 5) is 14.7. The van der Waals surface area contributed by atoms with Gasteiger partial charge in [-0.25, -0.2) is 4.39 Å². The molecule has 0 saturated carbocycles. The fraction of sp³-hybridized carbons (Fsp3) is 0.500. The van der Waals surface area contributed by atoms with Gasteiger partial charge in [-0.05, 0) is 29.6 Å². The Kier molecular flexibility index (Phi) is 4.76. The number of nitro groups is 1. The minimum atomic E-state index is -0.469. The SMILES string of the molecule is CN1CCN(c2cc(F)c(I)cc2[N+](=O)[O-])C(CN)C1. The summed E-state index contributed by atoms with van der Waals surface area (Å²) in [6.45, 7) is 2.44. The second kappa shape index (κ2) is 6.19. The van der Waals surface area contributed by atoms with Gasteiger partial charge in [-0.1, -0.05) is 0 Å². The fourth-order valence-electron chi connectivity index (χ4n) is 2.43. The van der Waals surface area contributed by atoms with Crippen LogP contribution in [0, 0.1) is 19.5 Å². The highest BCUT2D eigenvalue weighted by atomic mass is 127. The van der Waals surface area contributed by atoms with Crippen molar-refractivity contribution in [1.29, 1.82) is 0 Å². The number of benzene rings is 1. The van der Waals surface area contributed by atoms with E-state index in [-0.39, 0.29) is 15.3 Å². The van der Waals surface area contributed by atoms with Crippen LogP contribution in [0.5, 0.6) is 0 Å². The monoisotopic (exact) mass is 394 g/mol. The van der Waals surface area contributed by atoms with Crippen molar-refractivity contribution in [3.05, 3.63) is 31.6 Å². The largest absolute Gasteiger partial charge is 0.359 e. The molecule has 1 fully saturated rings. The average Bonchev–Trinajstić information content (AvgIpc) is 2.41. The summed E-state index contributed by atoms with van der Waals surface area (Å²) in [5, 5.41) is 11.2. The third-order valence-electron chi connectivity index (χ3n) is 3.48. The highest BCUT2D eigenvalue weighted by Crippen LogP contribution is 2.33. The lowest BCUT2D eigenvalue weighted by Gasteiger charge is -2.40. The molecule has 110 valence electrons. The predicted octanol–water partition coefficient (Wildman–Crippen LogP) is 1.42. The van der Waals surface area contributed by atoms with E-state index >= 15 is 0 Å². The third kappa shape index (κ3) is 3.01. The van der Waals surface area contributed by atoms with Crippen LogP contribution >= 0.6 is 22.6 Å². The number of anilines is 1. The van der Waals surface area contributed by atoms with Crippen molar-refractivity contribution in [2.24, 2.45) is 5.73 Å². The first-order valence-electron chi connectivity index (χ1n) is 6.22. The summed E-state index contributed by atoms with van der Waals surface area (Å²) < 4.78 is 14.0. The molecule has 1 aromatic rings. The van der Waals surface area contributed by atoms with Gasteiger partial charge in [0.05, 0.1) is 14.5 Å². The summed E-state index contributed by atoms with van der Waals surface area (Å²) in [6, 6.07) is 2.47. The average molecular weight is 394 g/mol. The van der Waals surface area contributed by atoms with Gasteiger partial charge in [-0.15, -0.1) is 0 Å². The van der Waals surface area contributed by atoms with Crippen molar-refractivity contribution < 1.29 is 9.31 Å². The number of nitrogens with two attached hydrogens (primary N) is 1. The van der Waals surface area contributed by atoms with Gasteiger partial charge in [0, 0.05) is 38.3 Å². The van der Waals surface area contributed by atoms with Crippen LogP contribution in [0.1, 0.15) is 0 Å². The molecule has 0 bridgehead atoms. The van der Waals surface area contributed by atoms with Gasteiger partial charge in [0.1, 0.15) is 11.5 Å². The van der Waals surface area contributed by atoms with Gasteiger partial charge in [0.2, 0.25) is 0 Å². The Morgan fingerprint density at radius 2 is 2.25 bits per heavy atom. The number of piperazine rings is 1. The Morgan fingerprint density at radius 3 is 2.85 bits per heavy atom. The van der Waals surface area contributed by atoms with E-state index < -0.39 is 10.7 Å². The third-order valence-corrected chi connectivity index (χ3v) is 4.31.